The summed E-state index contributed by atoms with van der Waals surface area (Å²) in [7, 11) is 3.25. The maximum Gasteiger partial charge on any atom is 0.161 e. The SMILES string of the molecule is COc1ccc(Cn2cc(CBr)nn2)cc1OC. The van der Waals surface area contributed by atoms with Crippen LogP contribution in [-0.2, 0) is 11.9 Å². The minimum Gasteiger partial charge on any atom is -0.493 e. The lowest BCUT2D eigenvalue weighted by molar-refractivity contribution is 0.354. The molecule has 96 valence electrons. The average Bonchev–Trinajstić information content (AvgIpc) is 2.86. The number of rotatable bonds is 5. The highest BCUT2D eigenvalue weighted by atomic mass is 79.9. The standard InChI is InChI=1S/C12H14BrN3O2/c1-17-11-4-3-9(5-12(11)18-2)7-16-8-10(6-13)14-15-16/h3-5,8H,6-7H2,1-2H3. The minimum atomic E-state index is 0.653. The highest BCUT2D eigenvalue weighted by Gasteiger charge is 2.06. The Morgan fingerprint density at radius 3 is 2.61 bits per heavy atom. The van der Waals surface area contributed by atoms with Crippen molar-refractivity contribution in [1.82, 2.24) is 15.0 Å². The lowest BCUT2D eigenvalue weighted by Crippen LogP contribution is -2.01. The summed E-state index contributed by atoms with van der Waals surface area (Å²) in [5, 5.41) is 8.77. The zero-order chi connectivity index (χ0) is 13.0. The number of ether oxygens (including phenoxy) is 2. The first-order valence-electron chi connectivity index (χ1n) is 5.42. The van der Waals surface area contributed by atoms with Crippen LogP contribution in [0, 0.1) is 0 Å². The summed E-state index contributed by atoms with van der Waals surface area (Å²) in [5.74, 6) is 1.44. The molecule has 0 aliphatic heterocycles. The summed E-state index contributed by atoms with van der Waals surface area (Å²) < 4.78 is 12.2. The molecule has 1 heterocycles. The lowest BCUT2D eigenvalue weighted by atomic mass is 10.2. The number of hydrogen-bond donors (Lipinski definition) is 0. The van der Waals surface area contributed by atoms with Gasteiger partial charge in [0.1, 0.15) is 0 Å². The van der Waals surface area contributed by atoms with Crippen molar-refractivity contribution in [3.8, 4) is 11.5 Å². The molecule has 0 bridgehead atoms. The topological polar surface area (TPSA) is 49.2 Å². The summed E-state index contributed by atoms with van der Waals surface area (Å²) in [4.78, 5) is 0. The Balaban J connectivity index is 2.18. The van der Waals surface area contributed by atoms with Crippen molar-refractivity contribution in [1.29, 1.82) is 0 Å². The first-order valence-corrected chi connectivity index (χ1v) is 6.55. The number of methoxy groups -OCH3 is 2. The minimum absolute atomic E-state index is 0.653. The van der Waals surface area contributed by atoms with Gasteiger partial charge in [0.15, 0.2) is 11.5 Å². The zero-order valence-electron chi connectivity index (χ0n) is 10.3. The van der Waals surface area contributed by atoms with Crippen LogP contribution in [0.2, 0.25) is 0 Å². The van der Waals surface area contributed by atoms with Crippen molar-refractivity contribution >= 4 is 15.9 Å². The van der Waals surface area contributed by atoms with Gasteiger partial charge in [-0.25, -0.2) is 4.68 Å². The van der Waals surface area contributed by atoms with Gasteiger partial charge in [-0.1, -0.05) is 27.2 Å². The fourth-order valence-electron chi connectivity index (χ4n) is 1.64. The second-order valence-corrected chi connectivity index (χ2v) is 4.29. The molecule has 0 saturated carbocycles. The van der Waals surface area contributed by atoms with Gasteiger partial charge in [-0.15, -0.1) is 5.10 Å². The molecule has 18 heavy (non-hydrogen) atoms. The third kappa shape index (κ3) is 2.81. The van der Waals surface area contributed by atoms with E-state index in [0.29, 0.717) is 11.9 Å². The Morgan fingerprint density at radius 1 is 1.22 bits per heavy atom. The highest BCUT2D eigenvalue weighted by Crippen LogP contribution is 2.27. The van der Waals surface area contributed by atoms with Crippen LogP contribution in [0.4, 0.5) is 0 Å². The number of alkyl halides is 1. The van der Waals surface area contributed by atoms with Crippen molar-refractivity contribution in [2.75, 3.05) is 14.2 Å². The van der Waals surface area contributed by atoms with Gasteiger partial charge < -0.3 is 9.47 Å². The van der Waals surface area contributed by atoms with Crippen LogP contribution in [-0.4, -0.2) is 29.2 Å². The van der Waals surface area contributed by atoms with Crippen molar-refractivity contribution < 1.29 is 9.47 Å². The monoisotopic (exact) mass is 311 g/mol. The molecular formula is C12H14BrN3O2. The van der Waals surface area contributed by atoms with Gasteiger partial charge in [0.25, 0.3) is 0 Å². The zero-order valence-corrected chi connectivity index (χ0v) is 11.8. The van der Waals surface area contributed by atoms with Crippen LogP contribution in [0.15, 0.2) is 24.4 Å². The van der Waals surface area contributed by atoms with Crippen molar-refractivity contribution in [3.63, 3.8) is 0 Å². The van der Waals surface area contributed by atoms with Gasteiger partial charge in [0, 0.05) is 11.5 Å². The Labute approximate surface area is 114 Å². The molecule has 0 aliphatic rings. The molecule has 0 spiro atoms. The van der Waals surface area contributed by atoms with Gasteiger partial charge in [0.05, 0.1) is 26.5 Å². The van der Waals surface area contributed by atoms with E-state index >= 15 is 0 Å². The van der Waals surface area contributed by atoms with Crippen LogP contribution in [0.1, 0.15) is 11.3 Å². The number of aromatic nitrogens is 3. The molecule has 0 fully saturated rings. The number of nitrogens with zero attached hydrogens (tertiary/aromatic N) is 3. The van der Waals surface area contributed by atoms with Crippen LogP contribution < -0.4 is 9.47 Å². The van der Waals surface area contributed by atoms with E-state index in [4.69, 9.17) is 9.47 Å². The van der Waals surface area contributed by atoms with Crippen molar-refractivity contribution in [2.24, 2.45) is 0 Å². The van der Waals surface area contributed by atoms with Crippen LogP contribution >= 0.6 is 15.9 Å². The van der Waals surface area contributed by atoms with E-state index in [1.807, 2.05) is 24.4 Å². The lowest BCUT2D eigenvalue weighted by Gasteiger charge is -2.09. The molecule has 0 unspecified atom stereocenters. The summed E-state index contributed by atoms with van der Waals surface area (Å²) in [5.41, 5.74) is 1.99. The Kier molecular flexibility index (Phi) is 4.19. The highest BCUT2D eigenvalue weighted by molar-refractivity contribution is 9.08. The summed E-state index contributed by atoms with van der Waals surface area (Å²) in [6.45, 7) is 0.653. The molecule has 0 amide bonds. The van der Waals surface area contributed by atoms with Crippen LogP contribution in [0.3, 0.4) is 0 Å². The van der Waals surface area contributed by atoms with E-state index < -0.39 is 0 Å². The third-order valence-electron chi connectivity index (χ3n) is 2.52. The fraction of sp³-hybridized carbons (Fsp3) is 0.333. The van der Waals surface area contributed by atoms with Crippen LogP contribution in [0.25, 0.3) is 0 Å². The second-order valence-electron chi connectivity index (χ2n) is 3.73. The normalized spacial score (nSPS) is 10.4. The Bertz CT molecular complexity index is 528. The average molecular weight is 312 g/mol. The summed E-state index contributed by atoms with van der Waals surface area (Å²) >= 11 is 3.35. The third-order valence-corrected chi connectivity index (χ3v) is 3.09. The van der Waals surface area contributed by atoms with E-state index in [1.165, 1.54) is 0 Å². The van der Waals surface area contributed by atoms with Crippen LogP contribution in [0.5, 0.6) is 11.5 Å². The number of hydrogen-bond acceptors (Lipinski definition) is 4. The predicted octanol–water partition coefficient (Wildman–Crippen LogP) is 2.24. The van der Waals surface area contributed by atoms with E-state index in [1.54, 1.807) is 18.9 Å². The summed E-state index contributed by atoms with van der Waals surface area (Å²) in [6.07, 6.45) is 1.91. The molecule has 1 aromatic carbocycles. The molecule has 6 heteroatoms. The van der Waals surface area contributed by atoms with Gasteiger partial charge in [0.2, 0.25) is 0 Å². The molecule has 2 aromatic rings. The number of benzene rings is 1. The van der Waals surface area contributed by atoms with Gasteiger partial charge in [-0.2, -0.15) is 0 Å². The first-order chi connectivity index (χ1) is 8.76. The van der Waals surface area contributed by atoms with E-state index in [2.05, 4.69) is 26.2 Å². The van der Waals surface area contributed by atoms with E-state index in [-0.39, 0.29) is 0 Å². The number of halogens is 1. The molecule has 0 N–H and O–H groups in total. The molecule has 0 saturated heterocycles. The Morgan fingerprint density at radius 2 is 2.00 bits per heavy atom. The molecule has 1 aromatic heterocycles. The van der Waals surface area contributed by atoms with Gasteiger partial charge in [-0.05, 0) is 17.7 Å². The van der Waals surface area contributed by atoms with Crippen molar-refractivity contribution in [3.05, 3.63) is 35.7 Å². The largest absolute Gasteiger partial charge is 0.493 e. The fourth-order valence-corrected chi connectivity index (χ4v) is 1.90. The predicted molar refractivity (Wildman–Crippen MR) is 71.3 cm³/mol. The van der Waals surface area contributed by atoms with Crippen molar-refractivity contribution in [2.45, 2.75) is 11.9 Å². The molecule has 0 atom stereocenters. The maximum absolute atomic E-state index is 5.26. The smallest absolute Gasteiger partial charge is 0.161 e. The Hall–Kier alpha value is -1.56. The molecule has 5 nitrogen and oxygen atoms in total. The van der Waals surface area contributed by atoms with E-state index in [0.717, 1.165) is 22.8 Å². The molecule has 2 rings (SSSR count). The second kappa shape index (κ2) is 5.86. The first kappa shape index (κ1) is 12.9. The quantitative estimate of drug-likeness (QED) is 0.795. The molecule has 0 aliphatic carbocycles. The maximum atomic E-state index is 5.26. The van der Waals surface area contributed by atoms with Gasteiger partial charge >= 0.3 is 0 Å². The van der Waals surface area contributed by atoms with Gasteiger partial charge in [-0.3, -0.25) is 0 Å². The molecule has 0 radical (unpaired) electrons. The summed E-state index contributed by atoms with van der Waals surface area (Å²) in [6, 6.07) is 5.81. The van der Waals surface area contributed by atoms with E-state index in [9.17, 15) is 0 Å². The molecular weight excluding hydrogens is 298 g/mol.